The number of alkyl halides is 3. The quantitative estimate of drug-likeness (QED) is 0.480. The van der Waals surface area contributed by atoms with Gasteiger partial charge in [-0.1, -0.05) is 36.8 Å². The SMILES string of the molecule is CN=C(NCc1ccc(C(=O)NC)cc1)NCC1(c2cccc(C(F)(F)F)c2)CCC1. The summed E-state index contributed by atoms with van der Waals surface area (Å²) in [6, 6.07) is 12.9. The minimum absolute atomic E-state index is 0.141. The zero-order chi connectivity index (χ0) is 22.5. The molecule has 2 aromatic rings. The number of aliphatic imine (C=N–C) groups is 1. The lowest BCUT2D eigenvalue weighted by Crippen LogP contribution is -2.48. The van der Waals surface area contributed by atoms with Crippen LogP contribution in [0.15, 0.2) is 53.5 Å². The maximum atomic E-state index is 13.1. The first-order valence-electron chi connectivity index (χ1n) is 10.2. The van der Waals surface area contributed by atoms with Gasteiger partial charge in [0.05, 0.1) is 5.56 Å². The Kier molecular flexibility index (Phi) is 6.87. The van der Waals surface area contributed by atoms with Crippen LogP contribution in [0.4, 0.5) is 13.2 Å². The van der Waals surface area contributed by atoms with Crippen LogP contribution in [0.5, 0.6) is 0 Å². The molecular weight excluding hydrogens is 405 g/mol. The van der Waals surface area contributed by atoms with Gasteiger partial charge in [0.1, 0.15) is 0 Å². The van der Waals surface area contributed by atoms with E-state index in [0.717, 1.165) is 30.9 Å². The average molecular weight is 432 g/mol. The molecule has 0 heterocycles. The van der Waals surface area contributed by atoms with Crippen LogP contribution in [0.25, 0.3) is 0 Å². The number of hydrogen-bond donors (Lipinski definition) is 3. The van der Waals surface area contributed by atoms with Crippen molar-refractivity contribution >= 4 is 11.9 Å². The Morgan fingerprint density at radius 1 is 1.10 bits per heavy atom. The third kappa shape index (κ3) is 5.37. The molecule has 31 heavy (non-hydrogen) atoms. The molecule has 0 unspecified atom stereocenters. The summed E-state index contributed by atoms with van der Waals surface area (Å²) in [6.07, 6.45) is -1.69. The Morgan fingerprint density at radius 2 is 1.81 bits per heavy atom. The summed E-state index contributed by atoms with van der Waals surface area (Å²) in [4.78, 5) is 15.8. The molecule has 0 atom stereocenters. The van der Waals surface area contributed by atoms with Crippen LogP contribution >= 0.6 is 0 Å². The maximum Gasteiger partial charge on any atom is 0.416 e. The summed E-state index contributed by atoms with van der Waals surface area (Å²) in [5.74, 6) is 0.436. The molecular formula is C23H27F3N4O. The smallest absolute Gasteiger partial charge is 0.356 e. The van der Waals surface area contributed by atoms with Gasteiger partial charge in [-0.15, -0.1) is 0 Å². The van der Waals surface area contributed by atoms with Gasteiger partial charge in [0.2, 0.25) is 0 Å². The van der Waals surface area contributed by atoms with Crippen molar-refractivity contribution in [2.45, 2.75) is 37.4 Å². The van der Waals surface area contributed by atoms with E-state index in [1.54, 1.807) is 32.3 Å². The van der Waals surface area contributed by atoms with Crippen LogP contribution in [-0.2, 0) is 18.1 Å². The van der Waals surface area contributed by atoms with Crippen molar-refractivity contribution in [1.29, 1.82) is 0 Å². The highest BCUT2D eigenvalue weighted by Crippen LogP contribution is 2.44. The zero-order valence-electron chi connectivity index (χ0n) is 17.6. The van der Waals surface area contributed by atoms with Crippen LogP contribution in [0.3, 0.4) is 0 Å². The zero-order valence-corrected chi connectivity index (χ0v) is 17.6. The average Bonchev–Trinajstić information content (AvgIpc) is 2.74. The van der Waals surface area contributed by atoms with Gasteiger partial charge in [-0.25, -0.2) is 0 Å². The summed E-state index contributed by atoms with van der Waals surface area (Å²) in [7, 11) is 3.24. The van der Waals surface area contributed by atoms with Crippen LogP contribution in [0, 0.1) is 0 Å². The first-order valence-corrected chi connectivity index (χ1v) is 10.2. The fraction of sp³-hybridized carbons (Fsp3) is 0.391. The Morgan fingerprint density at radius 3 is 2.35 bits per heavy atom. The first kappa shape index (κ1) is 22.7. The fourth-order valence-corrected chi connectivity index (χ4v) is 3.77. The Hall–Kier alpha value is -3.03. The van der Waals surface area contributed by atoms with Crippen molar-refractivity contribution < 1.29 is 18.0 Å². The third-order valence-electron chi connectivity index (χ3n) is 5.83. The van der Waals surface area contributed by atoms with Crippen LogP contribution in [0.1, 0.15) is 46.3 Å². The molecule has 8 heteroatoms. The highest BCUT2D eigenvalue weighted by Gasteiger charge is 2.40. The van der Waals surface area contributed by atoms with Crippen molar-refractivity contribution in [3.8, 4) is 0 Å². The summed E-state index contributed by atoms with van der Waals surface area (Å²) in [5.41, 5.74) is 1.34. The number of amides is 1. The highest BCUT2D eigenvalue weighted by molar-refractivity contribution is 5.93. The fourth-order valence-electron chi connectivity index (χ4n) is 3.77. The normalized spacial score (nSPS) is 15.7. The van der Waals surface area contributed by atoms with Gasteiger partial charge in [-0.3, -0.25) is 9.79 Å². The molecule has 1 amide bonds. The molecule has 0 aromatic heterocycles. The molecule has 166 valence electrons. The molecule has 3 N–H and O–H groups in total. The van der Waals surface area contributed by atoms with Crippen molar-refractivity contribution in [3.05, 3.63) is 70.8 Å². The van der Waals surface area contributed by atoms with E-state index < -0.39 is 11.7 Å². The Bertz CT molecular complexity index is 935. The van der Waals surface area contributed by atoms with E-state index in [-0.39, 0.29) is 11.3 Å². The van der Waals surface area contributed by atoms with E-state index in [1.165, 1.54) is 12.1 Å². The van der Waals surface area contributed by atoms with E-state index in [9.17, 15) is 18.0 Å². The van der Waals surface area contributed by atoms with Crippen LogP contribution in [-0.4, -0.2) is 32.5 Å². The molecule has 1 aliphatic rings. The number of guanidine groups is 1. The number of nitrogens with zero attached hydrogens (tertiary/aromatic N) is 1. The second-order valence-corrected chi connectivity index (χ2v) is 7.77. The summed E-state index contributed by atoms with van der Waals surface area (Å²) >= 11 is 0. The second-order valence-electron chi connectivity index (χ2n) is 7.77. The molecule has 0 radical (unpaired) electrons. The second kappa shape index (κ2) is 9.41. The van der Waals surface area contributed by atoms with E-state index >= 15 is 0 Å². The first-order chi connectivity index (χ1) is 14.8. The van der Waals surface area contributed by atoms with Crippen LogP contribution < -0.4 is 16.0 Å². The molecule has 3 rings (SSSR count). The molecule has 5 nitrogen and oxygen atoms in total. The largest absolute Gasteiger partial charge is 0.416 e. The van der Waals surface area contributed by atoms with E-state index in [1.807, 2.05) is 12.1 Å². The predicted molar refractivity (Wildman–Crippen MR) is 115 cm³/mol. The lowest BCUT2D eigenvalue weighted by atomic mass is 9.64. The van der Waals surface area contributed by atoms with Gasteiger partial charge in [-0.05, 0) is 42.2 Å². The molecule has 1 fully saturated rings. The summed E-state index contributed by atoms with van der Waals surface area (Å²) in [5, 5.41) is 9.07. The summed E-state index contributed by atoms with van der Waals surface area (Å²) in [6.45, 7) is 1.01. The highest BCUT2D eigenvalue weighted by atomic mass is 19.4. The lowest BCUT2D eigenvalue weighted by Gasteiger charge is -2.43. The van der Waals surface area contributed by atoms with Crippen molar-refractivity contribution in [2.24, 2.45) is 4.99 Å². The van der Waals surface area contributed by atoms with Gasteiger partial charge < -0.3 is 16.0 Å². The van der Waals surface area contributed by atoms with Crippen molar-refractivity contribution in [1.82, 2.24) is 16.0 Å². The standard InChI is InChI=1S/C23H27F3N4O/c1-27-20(31)17-9-7-16(8-10-17)14-29-21(28-2)30-15-22(11-4-12-22)18-5-3-6-19(13-18)23(24,25)26/h3,5-10,13H,4,11-12,14-15H2,1-2H3,(H,27,31)(H2,28,29,30). The number of hydrogen-bond acceptors (Lipinski definition) is 2. The lowest BCUT2D eigenvalue weighted by molar-refractivity contribution is -0.137. The molecule has 0 aliphatic heterocycles. The molecule has 0 bridgehead atoms. The third-order valence-corrected chi connectivity index (χ3v) is 5.83. The molecule has 0 spiro atoms. The number of halogens is 3. The number of rotatable bonds is 6. The number of carbonyl (C=O) groups is 1. The van der Waals surface area contributed by atoms with E-state index in [4.69, 9.17) is 0 Å². The van der Waals surface area contributed by atoms with E-state index in [0.29, 0.717) is 30.2 Å². The monoisotopic (exact) mass is 432 g/mol. The van der Waals surface area contributed by atoms with Gasteiger partial charge in [-0.2, -0.15) is 13.2 Å². The topological polar surface area (TPSA) is 65.5 Å². The molecule has 1 saturated carbocycles. The predicted octanol–water partition coefficient (Wildman–Crippen LogP) is 3.85. The number of nitrogens with one attached hydrogen (secondary N) is 3. The molecule has 1 aliphatic carbocycles. The van der Waals surface area contributed by atoms with Crippen LogP contribution in [0.2, 0.25) is 0 Å². The summed E-state index contributed by atoms with van der Waals surface area (Å²) < 4.78 is 39.4. The molecule has 2 aromatic carbocycles. The maximum absolute atomic E-state index is 13.1. The van der Waals surface area contributed by atoms with Gasteiger partial charge in [0.25, 0.3) is 5.91 Å². The minimum atomic E-state index is -4.35. The Balaban J connectivity index is 1.61. The van der Waals surface area contributed by atoms with E-state index in [2.05, 4.69) is 20.9 Å². The Labute approximate surface area is 180 Å². The number of carbonyl (C=O) groups excluding carboxylic acids is 1. The van der Waals surface area contributed by atoms with Crippen molar-refractivity contribution in [2.75, 3.05) is 20.6 Å². The minimum Gasteiger partial charge on any atom is -0.356 e. The van der Waals surface area contributed by atoms with Gasteiger partial charge >= 0.3 is 6.18 Å². The van der Waals surface area contributed by atoms with Gasteiger partial charge in [0, 0.05) is 38.2 Å². The molecule has 0 saturated heterocycles. The number of benzene rings is 2. The van der Waals surface area contributed by atoms with Gasteiger partial charge in [0.15, 0.2) is 5.96 Å². The van der Waals surface area contributed by atoms with Crippen molar-refractivity contribution in [3.63, 3.8) is 0 Å².